The van der Waals surface area contributed by atoms with Gasteiger partial charge in [0.1, 0.15) is 11.1 Å². The Labute approximate surface area is 122 Å². The Morgan fingerprint density at radius 1 is 1.38 bits per heavy atom. The number of carbonyl (C=O) groups is 1. The summed E-state index contributed by atoms with van der Waals surface area (Å²) in [4.78, 5) is 24.3. The normalized spacial score (nSPS) is 22.1. The van der Waals surface area contributed by atoms with Crippen LogP contribution in [-0.4, -0.2) is 25.0 Å². The lowest BCUT2D eigenvalue weighted by Crippen LogP contribution is -2.49. The summed E-state index contributed by atoms with van der Waals surface area (Å²) < 4.78 is 5.20. The van der Waals surface area contributed by atoms with E-state index in [-0.39, 0.29) is 17.5 Å². The molecule has 1 aliphatic rings. The van der Waals surface area contributed by atoms with Crippen LogP contribution in [0.1, 0.15) is 23.7 Å². The van der Waals surface area contributed by atoms with Crippen molar-refractivity contribution in [3.8, 4) is 0 Å². The van der Waals surface area contributed by atoms with Crippen LogP contribution >= 0.6 is 0 Å². The van der Waals surface area contributed by atoms with E-state index in [4.69, 9.17) is 4.42 Å². The molecule has 5 heteroatoms. The molecule has 0 aliphatic carbocycles. The van der Waals surface area contributed by atoms with E-state index in [0.29, 0.717) is 11.5 Å². The number of nitrogens with one attached hydrogen (secondary N) is 2. The summed E-state index contributed by atoms with van der Waals surface area (Å²) in [5, 5.41) is 6.98. The fourth-order valence-electron chi connectivity index (χ4n) is 2.69. The molecule has 0 bridgehead atoms. The Morgan fingerprint density at radius 3 is 3.00 bits per heavy atom. The van der Waals surface area contributed by atoms with E-state index in [2.05, 4.69) is 17.6 Å². The van der Waals surface area contributed by atoms with E-state index in [0.717, 1.165) is 24.9 Å². The number of carbonyl (C=O) groups excluding carboxylic acids is 1. The average molecular weight is 286 g/mol. The first-order valence-corrected chi connectivity index (χ1v) is 7.19. The molecule has 2 aromatic rings. The maximum Gasteiger partial charge on any atom is 0.349 e. The Kier molecular flexibility index (Phi) is 3.75. The van der Waals surface area contributed by atoms with E-state index in [9.17, 15) is 9.59 Å². The Morgan fingerprint density at radius 2 is 2.19 bits per heavy atom. The van der Waals surface area contributed by atoms with Gasteiger partial charge in [0.25, 0.3) is 5.91 Å². The highest BCUT2D eigenvalue weighted by atomic mass is 16.4. The van der Waals surface area contributed by atoms with Crippen molar-refractivity contribution < 1.29 is 9.21 Å². The lowest BCUT2D eigenvalue weighted by Gasteiger charge is -2.30. The molecule has 1 fully saturated rings. The van der Waals surface area contributed by atoms with Gasteiger partial charge < -0.3 is 15.1 Å². The van der Waals surface area contributed by atoms with Gasteiger partial charge in [0.15, 0.2) is 0 Å². The molecule has 0 spiro atoms. The van der Waals surface area contributed by atoms with Crippen LogP contribution in [0.4, 0.5) is 0 Å². The van der Waals surface area contributed by atoms with Gasteiger partial charge >= 0.3 is 5.63 Å². The lowest BCUT2D eigenvalue weighted by molar-refractivity contribution is 0.0910. The van der Waals surface area contributed by atoms with Gasteiger partial charge in [-0.3, -0.25) is 4.79 Å². The van der Waals surface area contributed by atoms with Crippen molar-refractivity contribution in [2.45, 2.75) is 19.4 Å². The van der Waals surface area contributed by atoms with Crippen LogP contribution in [0, 0.1) is 5.92 Å². The highest BCUT2D eigenvalue weighted by molar-refractivity contribution is 5.96. The molecule has 1 amide bonds. The second-order valence-electron chi connectivity index (χ2n) is 5.54. The van der Waals surface area contributed by atoms with Gasteiger partial charge in [-0.1, -0.05) is 25.1 Å². The number of rotatable bonds is 2. The third-order valence-electron chi connectivity index (χ3n) is 3.99. The van der Waals surface area contributed by atoms with Crippen molar-refractivity contribution in [3.05, 3.63) is 46.3 Å². The van der Waals surface area contributed by atoms with Crippen LogP contribution < -0.4 is 16.3 Å². The number of piperidine rings is 1. The molecule has 5 nitrogen and oxygen atoms in total. The number of benzene rings is 1. The van der Waals surface area contributed by atoms with Gasteiger partial charge in [-0.25, -0.2) is 4.79 Å². The van der Waals surface area contributed by atoms with Crippen LogP contribution in [0.25, 0.3) is 11.0 Å². The van der Waals surface area contributed by atoms with Crippen molar-refractivity contribution >= 4 is 16.9 Å². The Hall–Kier alpha value is -2.14. The van der Waals surface area contributed by atoms with Gasteiger partial charge in [0.05, 0.1) is 0 Å². The molecule has 1 aromatic heterocycles. The average Bonchev–Trinajstić information content (AvgIpc) is 2.49. The molecule has 1 aromatic carbocycles. The molecule has 2 N–H and O–H groups in total. The topological polar surface area (TPSA) is 71.3 Å². The fraction of sp³-hybridized carbons (Fsp3) is 0.375. The summed E-state index contributed by atoms with van der Waals surface area (Å²) in [6.45, 7) is 3.83. The van der Waals surface area contributed by atoms with Gasteiger partial charge in [-0.05, 0) is 37.6 Å². The molecule has 110 valence electrons. The molecule has 0 radical (unpaired) electrons. The number of amides is 1. The van der Waals surface area contributed by atoms with E-state index >= 15 is 0 Å². The maximum absolute atomic E-state index is 12.3. The zero-order valence-electron chi connectivity index (χ0n) is 11.9. The molecule has 1 saturated heterocycles. The summed E-state index contributed by atoms with van der Waals surface area (Å²) in [5.74, 6) is -0.0107. The molecule has 3 rings (SSSR count). The second-order valence-corrected chi connectivity index (χ2v) is 5.54. The Bertz CT molecular complexity index is 723. The van der Waals surface area contributed by atoms with Gasteiger partial charge in [-0.2, -0.15) is 0 Å². The van der Waals surface area contributed by atoms with Crippen molar-refractivity contribution in [1.29, 1.82) is 0 Å². The van der Waals surface area contributed by atoms with Crippen molar-refractivity contribution in [2.75, 3.05) is 13.1 Å². The smallest absolute Gasteiger partial charge is 0.349 e. The highest BCUT2D eigenvalue weighted by Crippen LogP contribution is 2.14. The molecular formula is C16H18N2O3. The third kappa shape index (κ3) is 2.83. The van der Waals surface area contributed by atoms with E-state index in [1.165, 1.54) is 0 Å². The number of hydrogen-bond donors (Lipinski definition) is 2. The second kappa shape index (κ2) is 5.69. The van der Waals surface area contributed by atoms with Crippen LogP contribution in [0.3, 0.4) is 0 Å². The highest BCUT2D eigenvalue weighted by Gasteiger charge is 2.24. The van der Waals surface area contributed by atoms with Crippen molar-refractivity contribution in [1.82, 2.24) is 10.6 Å². The largest absolute Gasteiger partial charge is 0.422 e. The van der Waals surface area contributed by atoms with Crippen molar-refractivity contribution in [3.63, 3.8) is 0 Å². The van der Waals surface area contributed by atoms with E-state index in [1.807, 2.05) is 12.1 Å². The quantitative estimate of drug-likeness (QED) is 0.821. The number of para-hydroxylation sites is 1. The monoisotopic (exact) mass is 286 g/mol. The van der Waals surface area contributed by atoms with E-state index < -0.39 is 5.63 Å². The summed E-state index contributed by atoms with van der Waals surface area (Å²) in [7, 11) is 0. The molecule has 0 saturated carbocycles. The van der Waals surface area contributed by atoms with Gasteiger partial charge in [0.2, 0.25) is 0 Å². The predicted octanol–water partition coefficient (Wildman–Crippen LogP) is 1.52. The summed E-state index contributed by atoms with van der Waals surface area (Å²) in [5.41, 5.74) is -0.0264. The standard InChI is InChI=1S/C16H18N2O3/c1-10-9-17-7-6-13(10)18-15(19)12-8-11-4-2-3-5-14(11)21-16(12)20/h2-5,8,10,13,17H,6-7,9H2,1H3,(H,18,19). The van der Waals surface area contributed by atoms with Crippen LogP contribution in [-0.2, 0) is 0 Å². The van der Waals surface area contributed by atoms with Gasteiger partial charge in [-0.15, -0.1) is 0 Å². The first-order valence-electron chi connectivity index (χ1n) is 7.19. The lowest BCUT2D eigenvalue weighted by atomic mass is 9.95. The summed E-state index contributed by atoms with van der Waals surface area (Å²) in [6.07, 6.45) is 0.867. The maximum atomic E-state index is 12.3. The van der Waals surface area contributed by atoms with Crippen LogP contribution in [0.15, 0.2) is 39.5 Å². The molecule has 2 unspecified atom stereocenters. The van der Waals surface area contributed by atoms with Crippen LogP contribution in [0.2, 0.25) is 0 Å². The first-order chi connectivity index (χ1) is 10.1. The number of hydrogen-bond acceptors (Lipinski definition) is 4. The molecule has 1 aliphatic heterocycles. The minimum atomic E-state index is -0.590. The van der Waals surface area contributed by atoms with Crippen molar-refractivity contribution in [2.24, 2.45) is 5.92 Å². The molecule has 2 heterocycles. The van der Waals surface area contributed by atoms with Crippen LogP contribution in [0.5, 0.6) is 0 Å². The first kappa shape index (κ1) is 13.8. The predicted molar refractivity (Wildman–Crippen MR) is 80.4 cm³/mol. The molecule has 2 atom stereocenters. The third-order valence-corrected chi connectivity index (χ3v) is 3.99. The fourth-order valence-corrected chi connectivity index (χ4v) is 2.69. The minimum absolute atomic E-state index is 0.0689. The summed E-state index contributed by atoms with van der Waals surface area (Å²) in [6, 6.07) is 8.86. The minimum Gasteiger partial charge on any atom is -0.422 e. The molecular weight excluding hydrogens is 268 g/mol. The zero-order chi connectivity index (χ0) is 14.8. The van der Waals surface area contributed by atoms with E-state index in [1.54, 1.807) is 18.2 Å². The summed E-state index contributed by atoms with van der Waals surface area (Å²) >= 11 is 0. The zero-order valence-corrected chi connectivity index (χ0v) is 11.9. The Balaban J connectivity index is 1.87. The molecule has 21 heavy (non-hydrogen) atoms. The number of fused-ring (bicyclic) bond motifs is 1. The SMILES string of the molecule is CC1CNCCC1NC(=O)c1cc2ccccc2oc1=O. The van der Waals surface area contributed by atoms with Gasteiger partial charge in [0, 0.05) is 11.4 Å².